The largest absolute Gasteiger partial charge is 0.479 e. The third kappa shape index (κ3) is 4.41. The molecule has 0 aromatic rings. The van der Waals surface area contributed by atoms with E-state index in [9.17, 15) is 18.0 Å². The first kappa shape index (κ1) is 16.2. The van der Waals surface area contributed by atoms with Crippen molar-refractivity contribution in [2.24, 2.45) is 5.41 Å². The molecule has 1 saturated carbocycles. The lowest BCUT2D eigenvalue weighted by Crippen LogP contribution is -2.29. The van der Waals surface area contributed by atoms with Gasteiger partial charge in [0, 0.05) is 0 Å². The lowest BCUT2D eigenvalue weighted by atomic mass is 10.1. The number of rotatable bonds is 7. The standard InChI is InChI=1S/C13H20O7S/c1-19-11(14)6-13(4-5-13)8-21(17,18)7-9-2-3-10(20-9)12(15)16/h9-10H,2-8H2,1H3,(H,15,16). The Labute approximate surface area is 123 Å². The highest BCUT2D eigenvalue weighted by atomic mass is 32.2. The van der Waals surface area contributed by atoms with Crippen LogP contribution in [0, 0.1) is 5.41 Å². The highest BCUT2D eigenvalue weighted by Gasteiger charge is 2.48. The predicted molar refractivity (Wildman–Crippen MR) is 72.5 cm³/mol. The van der Waals surface area contributed by atoms with Gasteiger partial charge in [0.2, 0.25) is 0 Å². The molecule has 2 rings (SSSR count). The minimum absolute atomic E-state index is 0.0628. The first-order chi connectivity index (χ1) is 9.75. The van der Waals surface area contributed by atoms with Crippen LogP contribution in [-0.2, 0) is 28.9 Å². The third-order valence-corrected chi connectivity index (χ3v) is 5.98. The lowest BCUT2D eigenvalue weighted by molar-refractivity contribution is -0.149. The number of carboxylic acids is 1. The van der Waals surface area contributed by atoms with Gasteiger partial charge in [-0.1, -0.05) is 0 Å². The van der Waals surface area contributed by atoms with Gasteiger partial charge in [-0.05, 0) is 31.1 Å². The molecule has 2 atom stereocenters. The summed E-state index contributed by atoms with van der Waals surface area (Å²) in [6.07, 6.45) is 0.810. The maximum atomic E-state index is 12.2. The van der Waals surface area contributed by atoms with Crippen molar-refractivity contribution in [3.63, 3.8) is 0 Å². The number of hydrogen-bond acceptors (Lipinski definition) is 6. The van der Waals surface area contributed by atoms with E-state index in [4.69, 9.17) is 9.84 Å². The van der Waals surface area contributed by atoms with Crippen LogP contribution in [0.15, 0.2) is 0 Å². The zero-order valence-corrected chi connectivity index (χ0v) is 12.7. The molecule has 0 radical (unpaired) electrons. The Morgan fingerprint density at radius 3 is 2.48 bits per heavy atom. The number of carbonyl (C=O) groups is 2. The maximum absolute atomic E-state index is 12.2. The molecule has 1 aliphatic heterocycles. The maximum Gasteiger partial charge on any atom is 0.332 e. The SMILES string of the molecule is COC(=O)CC1(CS(=O)(=O)CC2CCC(C(=O)O)O2)CC1. The van der Waals surface area contributed by atoms with E-state index in [1.165, 1.54) is 7.11 Å². The Bertz CT molecular complexity index is 521. The second-order valence-electron chi connectivity index (χ2n) is 5.97. The molecule has 7 nitrogen and oxygen atoms in total. The van der Waals surface area contributed by atoms with Crippen molar-refractivity contribution in [2.75, 3.05) is 18.6 Å². The average molecular weight is 320 g/mol. The number of carboxylic acid groups (broad SMARTS) is 1. The van der Waals surface area contributed by atoms with E-state index >= 15 is 0 Å². The summed E-state index contributed by atoms with van der Waals surface area (Å²) in [5.41, 5.74) is -0.489. The molecule has 1 heterocycles. The highest BCUT2D eigenvalue weighted by molar-refractivity contribution is 7.91. The Morgan fingerprint density at radius 2 is 2.00 bits per heavy atom. The molecule has 21 heavy (non-hydrogen) atoms. The Balaban J connectivity index is 1.88. The molecule has 2 unspecified atom stereocenters. The monoisotopic (exact) mass is 320 g/mol. The second kappa shape index (κ2) is 5.92. The number of esters is 1. The normalized spacial score (nSPS) is 27.3. The molecule has 0 aromatic heterocycles. The first-order valence-electron chi connectivity index (χ1n) is 6.91. The summed E-state index contributed by atoms with van der Waals surface area (Å²) in [4.78, 5) is 22.1. The minimum Gasteiger partial charge on any atom is -0.479 e. The van der Waals surface area contributed by atoms with Crippen molar-refractivity contribution in [3.05, 3.63) is 0 Å². The van der Waals surface area contributed by atoms with E-state index in [1.54, 1.807) is 0 Å². The molecular weight excluding hydrogens is 300 g/mol. The highest BCUT2D eigenvalue weighted by Crippen LogP contribution is 2.50. The Morgan fingerprint density at radius 1 is 1.33 bits per heavy atom. The van der Waals surface area contributed by atoms with Crippen LogP contribution >= 0.6 is 0 Å². The average Bonchev–Trinajstić information content (AvgIpc) is 2.94. The molecule has 0 spiro atoms. The van der Waals surface area contributed by atoms with Crippen molar-refractivity contribution in [2.45, 2.75) is 44.3 Å². The van der Waals surface area contributed by atoms with Crippen molar-refractivity contribution in [3.8, 4) is 0 Å². The van der Waals surface area contributed by atoms with E-state index in [-0.39, 0.29) is 17.9 Å². The zero-order valence-electron chi connectivity index (χ0n) is 11.9. The first-order valence-corrected chi connectivity index (χ1v) is 8.73. The van der Waals surface area contributed by atoms with Crippen LogP contribution < -0.4 is 0 Å². The lowest BCUT2D eigenvalue weighted by Gasteiger charge is -2.16. The number of ether oxygens (including phenoxy) is 2. The fourth-order valence-corrected chi connectivity index (χ4v) is 5.00. The van der Waals surface area contributed by atoms with Gasteiger partial charge < -0.3 is 14.6 Å². The molecule has 1 aliphatic carbocycles. The second-order valence-corrected chi connectivity index (χ2v) is 8.08. The van der Waals surface area contributed by atoms with Crippen LogP contribution in [0.25, 0.3) is 0 Å². The van der Waals surface area contributed by atoms with Gasteiger partial charge in [0.05, 0.1) is 31.1 Å². The van der Waals surface area contributed by atoms with Crippen molar-refractivity contribution in [1.82, 2.24) is 0 Å². The molecule has 8 heteroatoms. The van der Waals surface area contributed by atoms with E-state index in [0.29, 0.717) is 25.7 Å². The molecule has 1 N–H and O–H groups in total. The van der Waals surface area contributed by atoms with E-state index in [1.807, 2.05) is 0 Å². The summed E-state index contributed by atoms with van der Waals surface area (Å²) in [7, 11) is -2.11. The molecule has 0 aromatic carbocycles. The van der Waals surface area contributed by atoms with Gasteiger partial charge in [0.1, 0.15) is 0 Å². The van der Waals surface area contributed by atoms with Gasteiger partial charge in [0.15, 0.2) is 15.9 Å². The van der Waals surface area contributed by atoms with Crippen molar-refractivity contribution in [1.29, 1.82) is 0 Å². The number of carbonyl (C=O) groups excluding carboxylic acids is 1. The summed E-state index contributed by atoms with van der Waals surface area (Å²) in [6.45, 7) is 0. The van der Waals surface area contributed by atoms with Crippen LogP contribution in [0.5, 0.6) is 0 Å². The molecule has 0 amide bonds. The number of hydrogen-bond donors (Lipinski definition) is 1. The van der Waals surface area contributed by atoms with Crippen LogP contribution in [0.2, 0.25) is 0 Å². The fraction of sp³-hybridized carbons (Fsp3) is 0.846. The quantitative estimate of drug-likeness (QED) is 0.676. The minimum atomic E-state index is -3.39. The predicted octanol–water partition coefficient (Wildman–Crippen LogP) is 0.377. The van der Waals surface area contributed by atoms with Crippen LogP contribution in [0.1, 0.15) is 32.1 Å². The number of sulfone groups is 1. The summed E-state index contributed by atoms with van der Waals surface area (Å²) < 4.78 is 34.2. The molecular formula is C13H20O7S. The van der Waals surface area contributed by atoms with Crippen LogP contribution in [0.3, 0.4) is 0 Å². The van der Waals surface area contributed by atoms with E-state index < -0.39 is 39.4 Å². The third-order valence-electron chi connectivity index (χ3n) is 4.05. The molecule has 2 aliphatic rings. The van der Waals surface area contributed by atoms with Gasteiger partial charge >= 0.3 is 11.9 Å². The van der Waals surface area contributed by atoms with Gasteiger partial charge in [-0.15, -0.1) is 0 Å². The molecule has 2 fully saturated rings. The summed E-state index contributed by atoms with van der Waals surface area (Å²) >= 11 is 0. The number of aliphatic carboxylic acids is 1. The molecule has 0 bridgehead atoms. The molecule has 1 saturated heterocycles. The zero-order chi connectivity index (χ0) is 15.7. The van der Waals surface area contributed by atoms with Crippen LogP contribution in [-0.4, -0.2) is 56.3 Å². The van der Waals surface area contributed by atoms with E-state index in [0.717, 1.165) is 0 Å². The fourth-order valence-electron chi connectivity index (χ4n) is 2.75. The van der Waals surface area contributed by atoms with E-state index in [2.05, 4.69) is 4.74 Å². The van der Waals surface area contributed by atoms with Crippen molar-refractivity contribution >= 4 is 21.8 Å². The van der Waals surface area contributed by atoms with Gasteiger partial charge in [-0.3, -0.25) is 4.79 Å². The summed E-state index contributed by atoms with van der Waals surface area (Å²) in [5.74, 6) is -1.70. The van der Waals surface area contributed by atoms with Gasteiger partial charge in [-0.2, -0.15) is 0 Å². The smallest absolute Gasteiger partial charge is 0.332 e. The molecule has 120 valence electrons. The summed E-state index contributed by atoms with van der Waals surface area (Å²) in [5, 5.41) is 8.83. The Hall–Kier alpha value is -1.15. The van der Waals surface area contributed by atoms with Gasteiger partial charge in [0.25, 0.3) is 0 Å². The van der Waals surface area contributed by atoms with Crippen molar-refractivity contribution < 1.29 is 32.6 Å². The number of methoxy groups -OCH3 is 1. The topological polar surface area (TPSA) is 107 Å². The van der Waals surface area contributed by atoms with Crippen LogP contribution in [0.4, 0.5) is 0 Å². The Kier molecular flexibility index (Phi) is 4.57. The van der Waals surface area contributed by atoms with Gasteiger partial charge in [-0.25, -0.2) is 13.2 Å². The summed E-state index contributed by atoms with van der Waals surface area (Å²) in [6, 6.07) is 0.